The van der Waals surface area contributed by atoms with E-state index in [0.717, 1.165) is 0 Å². The first-order valence-electron chi connectivity index (χ1n) is 8.59. The zero-order chi connectivity index (χ0) is 19.8. The number of benzene rings is 2. The number of hydrogen-bond donors (Lipinski definition) is 0. The molecule has 1 aromatic heterocycles. The third kappa shape index (κ3) is 5.32. The van der Waals surface area contributed by atoms with E-state index in [4.69, 9.17) is 9.47 Å². The van der Waals surface area contributed by atoms with E-state index >= 15 is 0 Å². The number of rotatable bonds is 10. The largest absolute Gasteiger partial charge is 0.493 e. The van der Waals surface area contributed by atoms with Crippen LogP contribution in [0, 0.1) is 11.6 Å². The van der Waals surface area contributed by atoms with Gasteiger partial charge in [-0.3, -0.25) is 4.57 Å². The normalized spacial score (nSPS) is 10.6. The van der Waals surface area contributed by atoms with Crippen LogP contribution < -0.4 is 9.47 Å². The molecule has 146 valence electrons. The standard InChI is InChI=1S/C20H19F2N3O2S/c1-2-11-25-19(14-27-18-6-4-3-5-17(18)22)23-24-20(25)28-13-12-26-16-9-7-15(21)8-10-16/h2-10H,1,11-14H2. The molecule has 0 amide bonds. The molecule has 28 heavy (non-hydrogen) atoms. The molecule has 0 aliphatic carbocycles. The molecule has 8 heteroatoms. The summed E-state index contributed by atoms with van der Waals surface area (Å²) in [5.41, 5.74) is 0. The van der Waals surface area contributed by atoms with Crippen LogP contribution in [0.15, 0.2) is 66.3 Å². The van der Waals surface area contributed by atoms with Crippen LogP contribution in [0.5, 0.6) is 11.5 Å². The molecule has 0 spiro atoms. The fraction of sp³-hybridized carbons (Fsp3) is 0.200. The van der Waals surface area contributed by atoms with Crippen molar-refractivity contribution < 1.29 is 18.3 Å². The molecule has 0 saturated carbocycles. The van der Waals surface area contributed by atoms with Gasteiger partial charge in [-0.05, 0) is 36.4 Å². The molecule has 3 aromatic rings. The maximum atomic E-state index is 13.7. The van der Waals surface area contributed by atoms with E-state index in [0.29, 0.717) is 35.6 Å². The number of nitrogens with zero attached hydrogens (tertiary/aromatic N) is 3. The first kappa shape index (κ1) is 19.9. The van der Waals surface area contributed by atoms with Crippen molar-refractivity contribution in [2.24, 2.45) is 0 Å². The summed E-state index contributed by atoms with van der Waals surface area (Å²) in [6.07, 6.45) is 1.73. The van der Waals surface area contributed by atoms with Crippen molar-refractivity contribution in [2.45, 2.75) is 18.3 Å². The second-order valence-electron chi connectivity index (χ2n) is 5.67. The molecule has 3 rings (SSSR count). The maximum Gasteiger partial charge on any atom is 0.191 e. The first-order valence-corrected chi connectivity index (χ1v) is 9.57. The summed E-state index contributed by atoms with van der Waals surface area (Å²) in [6, 6.07) is 12.1. The average molecular weight is 403 g/mol. The van der Waals surface area contributed by atoms with Gasteiger partial charge < -0.3 is 9.47 Å². The predicted molar refractivity (Wildman–Crippen MR) is 104 cm³/mol. The van der Waals surface area contributed by atoms with Gasteiger partial charge in [0, 0.05) is 12.3 Å². The van der Waals surface area contributed by atoms with Crippen LogP contribution in [-0.4, -0.2) is 27.1 Å². The second kappa shape index (κ2) is 9.89. The summed E-state index contributed by atoms with van der Waals surface area (Å²) in [7, 11) is 0. The van der Waals surface area contributed by atoms with Gasteiger partial charge in [-0.1, -0.05) is 30.0 Å². The van der Waals surface area contributed by atoms with E-state index in [-0.39, 0.29) is 18.2 Å². The van der Waals surface area contributed by atoms with Crippen LogP contribution in [-0.2, 0) is 13.2 Å². The van der Waals surface area contributed by atoms with Gasteiger partial charge in [0.15, 0.2) is 22.5 Å². The van der Waals surface area contributed by atoms with Gasteiger partial charge in [0.25, 0.3) is 0 Å². The van der Waals surface area contributed by atoms with Crippen molar-refractivity contribution in [3.05, 3.63) is 78.6 Å². The quantitative estimate of drug-likeness (QED) is 0.284. The van der Waals surface area contributed by atoms with Gasteiger partial charge in [0.05, 0.1) is 6.61 Å². The highest BCUT2D eigenvalue weighted by Crippen LogP contribution is 2.21. The van der Waals surface area contributed by atoms with Gasteiger partial charge in [-0.2, -0.15) is 0 Å². The molecular formula is C20H19F2N3O2S. The third-order valence-corrected chi connectivity index (χ3v) is 4.63. The number of halogens is 2. The Kier molecular flexibility index (Phi) is 7.02. The van der Waals surface area contributed by atoms with Crippen molar-refractivity contribution in [2.75, 3.05) is 12.4 Å². The summed E-state index contributed by atoms with van der Waals surface area (Å²) in [5, 5.41) is 9.00. The Morgan fingerprint density at radius 1 is 1.04 bits per heavy atom. The summed E-state index contributed by atoms with van der Waals surface area (Å²) in [6.45, 7) is 4.78. The molecular weight excluding hydrogens is 384 g/mol. The Labute approximate surface area is 166 Å². The lowest BCUT2D eigenvalue weighted by Gasteiger charge is -2.10. The first-order chi connectivity index (χ1) is 13.7. The van der Waals surface area contributed by atoms with E-state index < -0.39 is 5.82 Å². The monoisotopic (exact) mass is 403 g/mol. The third-order valence-electron chi connectivity index (χ3n) is 3.70. The van der Waals surface area contributed by atoms with E-state index in [1.807, 2.05) is 4.57 Å². The second-order valence-corrected chi connectivity index (χ2v) is 6.73. The van der Waals surface area contributed by atoms with Crippen molar-refractivity contribution >= 4 is 11.8 Å². The van der Waals surface area contributed by atoms with E-state index in [1.54, 1.807) is 36.4 Å². The number of ether oxygens (including phenoxy) is 2. The van der Waals surface area contributed by atoms with Crippen molar-refractivity contribution in [3.8, 4) is 11.5 Å². The highest BCUT2D eigenvalue weighted by atomic mass is 32.2. The Balaban J connectivity index is 1.56. The predicted octanol–water partition coefficient (Wildman–Crippen LogP) is 4.49. The van der Waals surface area contributed by atoms with Crippen LogP contribution in [0.25, 0.3) is 0 Å². The van der Waals surface area contributed by atoms with Crippen molar-refractivity contribution in [1.82, 2.24) is 14.8 Å². The molecule has 0 fully saturated rings. The fourth-order valence-electron chi connectivity index (χ4n) is 2.37. The van der Waals surface area contributed by atoms with Crippen LogP contribution >= 0.6 is 11.8 Å². The molecule has 5 nitrogen and oxygen atoms in total. The lowest BCUT2D eigenvalue weighted by Crippen LogP contribution is -2.08. The lowest BCUT2D eigenvalue weighted by atomic mass is 10.3. The van der Waals surface area contributed by atoms with Gasteiger partial charge in [0.2, 0.25) is 0 Å². The zero-order valence-corrected chi connectivity index (χ0v) is 15.9. The number of thioether (sulfide) groups is 1. The zero-order valence-electron chi connectivity index (χ0n) is 15.1. The minimum atomic E-state index is -0.426. The van der Waals surface area contributed by atoms with Crippen LogP contribution in [0.2, 0.25) is 0 Å². The van der Waals surface area contributed by atoms with Gasteiger partial charge in [0.1, 0.15) is 18.2 Å². The highest BCUT2D eigenvalue weighted by Gasteiger charge is 2.13. The number of para-hydroxylation sites is 1. The molecule has 0 bridgehead atoms. The number of aromatic nitrogens is 3. The molecule has 2 aromatic carbocycles. The number of allylic oxidation sites excluding steroid dienone is 1. The Bertz CT molecular complexity index is 916. The Morgan fingerprint density at radius 3 is 2.57 bits per heavy atom. The molecule has 0 radical (unpaired) electrons. The van der Waals surface area contributed by atoms with Crippen molar-refractivity contribution in [1.29, 1.82) is 0 Å². The Hall–Kier alpha value is -2.87. The van der Waals surface area contributed by atoms with Crippen LogP contribution in [0.4, 0.5) is 8.78 Å². The molecule has 1 heterocycles. The molecule has 0 aliphatic heterocycles. The molecule has 0 N–H and O–H groups in total. The summed E-state index contributed by atoms with van der Waals surface area (Å²) in [4.78, 5) is 0. The molecule has 0 atom stereocenters. The minimum Gasteiger partial charge on any atom is -0.493 e. The van der Waals surface area contributed by atoms with Crippen LogP contribution in [0.1, 0.15) is 5.82 Å². The Morgan fingerprint density at radius 2 is 1.82 bits per heavy atom. The lowest BCUT2D eigenvalue weighted by molar-refractivity contribution is 0.275. The van der Waals surface area contributed by atoms with Crippen molar-refractivity contribution in [3.63, 3.8) is 0 Å². The summed E-state index contributed by atoms with van der Waals surface area (Å²) in [5.74, 6) is 1.24. The smallest absolute Gasteiger partial charge is 0.191 e. The molecule has 0 saturated heterocycles. The van der Waals surface area contributed by atoms with Gasteiger partial charge >= 0.3 is 0 Å². The van der Waals surface area contributed by atoms with E-state index in [9.17, 15) is 8.78 Å². The fourth-order valence-corrected chi connectivity index (χ4v) is 3.16. The maximum absolute atomic E-state index is 13.7. The summed E-state index contributed by atoms with van der Waals surface area (Å²) >= 11 is 1.47. The number of hydrogen-bond acceptors (Lipinski definition) is 5. The summed E-state index contributed by atoms with van der Waals surface area (Å²) < 4.78 is 39.5. The minimum absolute atomic E-state index is 0.0917. The topological polar surface area (TPSA) is 49.2 Å². The van der Waals surface area contributed by atoms with E-state index in [1.165, 1.54) is 30.0 Å². The molecule has 0 aliphatic rings. The van der Waals surface area contributed by atoms with Gasteiger partial charge in [-0.25, -0.2) is 8.78 Å². The van der Waals surface area contributed by atoms with Gasteiger partial charge in [-0.15, -0.1) is 16.8 Å². The van der Waals surface area contributed by atoms with Crippen LogP contribution in [0.3, 0.4) is 0 Å². The van der Waals surface area contributed by atoms with E-state index in [2.05, 4.69) is 16.8 Å². The molecule has 0 unspecified atom stereocenters. The highest BCUT2D eigenvalue weighted by molar-refractivity contribution is 7.99. The average Bonchev–Trinajstić information content (AvgIpc) is 3.08. The SMILES string of the molecule is C=CCn1c(COc2ccccc2F)nnc1SCCOc1ccc(F)cc1.